The molecule has 0 saturated carbocycles. The van der Waals surface area contributed by atoms with Crippen molar-refractivity contribution in [3.63, 3.8) is 0 Å². The molecule has 0 unspecified atom stereocenters. The smallest absolute Gasteiger partial charge is 0.270 e. The first kappa shape index (κ1) is 10.1. The first-order chi connectivity index (χ1) is 7.72. The topological polar surface area (TPSA) is 56.2 Å². The molecule has 0 bridgehead atoms. The van der Waals surface area contributed by atoms with Crippen LogP contribution in [0.5, 0.6) is 0 Å². The van der Waals surface area contributed by atoms with Crippen LogP contribution in [0.3, 0.4) is 0 Å². The van der Waals surface area contributed by atoms with E-state index in [9.17, 15) is 4.39 Å². The summed E-state index contributed by atoms with van der Waals surface area (Å²) in [5.41, 5.74) is 6.45. The van der Waals surface area contributed by atoms with Crippen LogP contribution in [0.15, 0.2) is 30.5 Å². The average molecular weight is 214 g/mol. The van der Waals surface area contributed by atoms with Crippen LogP contribution >= 0.6 is 0 Å². The molecule has 0 atom stereocenters. The van der Waals surface area contributed by atoms with E-state index in [-0.39, 0.29) is 17.1 Å². The Bertz CT molecular complexity index is 574. The van der Waals surface area contributed by atoms with Crippen LogP contribution in [0, 0.1) is 12.5 Å². The summed E-state index contributed by atoms with van der Waals surface area (Å²) in [7, 11) is 0. The van der Waals surface area contributed by atoms with E-state index in [1.807, 2.05) is 0 Å². The van der Waals surface area contributed by atoms with Gasteiger partial charge < -0.3 is 10.6 Å². The van der Waals surface area contributed by atoms with Gasteiger partial charge in [0, 0.05) is 6.20 Å². The fourth-order valence-corrected chi connectivity index (χ4v) is 1.30. The molecule has 2 aromatic heterocycles. The number of rotatable bonds is 1. The summed E-state index contributed by atoms with van der Waals surface area (Å²) in [5, 5.41) is 0. The molecule has 2 rings (SSSR count). The van der Waals surface area contributed by atoms with Gasteiger partial charge in [0.2, 0.25) is 5.95 Å². The Labute approximate surface area is 91.4 Å². The van der Waals surface area contributed by atoms with E-state index in [1.165, 1.54) is 24.4 Å². The standard InChI is InChI=1S/C11H7FN4/c1-14-9-5-4-8(13)10(16-9)7-3-2-6-15-11(7)12/h2-6H,13H2. The largest absolute Gasteiger partial charge is 0.395 e. The van der Waals surface area contributed by atoms with E-state index in [2.05, 4.69) is 14.8 Å². The summed E-state index contributed by atoms with van der Waals surface area (Å²) in [6, 6.07) is 6.13. The lowest BCUT2D eigenvalue weighted by molar-refractivity contribution is 0.587. The summed E-state index contributed by atoms with van der Waals surface area (Å²) in [5.74, 6) is -0.476. The van der Waals surface area contributed by atoms with Crippen molar-refractivity contribution in [1.29, 1.82) is 0 Å². The van der Waals surface area contributed by atoms with Crippen LogP contribution in [-0.2, 0) is 0 Å². The van der Waals surface area contributed by atoms with E-state index in [4.69, 9.17) is 12.3 Å². The maximum absolute atomic E-state index is 13.4. The quantitative estimate of drug-likeness (QED) is 0.585. The van der Waals surface area contributed by atoms with Crippen LogP contribution in [0.1, 0.15) is 0 Å². The number of pyridine rings is 2. The van der Waals surface area contributed by atoms with Crippen LogP contribution in [0.4, 0.5) is 15.9 Å². The maximum Gasteiger partial charge on any atom is 0.270 e. The van der Waals surface area contributed by atoms with Crippen molar-refractivity contribution in [3.05, 3.63) is 47.8 Å². The Balaban J connectivity index is 2.65. The highest BCUT2D eigenvalue weighted by Gasteiger charge is 2.14. The second-order valence-corrected chi connectivity index (χ2v) is 3.06. The van der Waals surface area contributed by atoms with E-state index in [1.54, 1.807) is 6.07 Å². The van der Waals surface area contributed by atoms with E-state index in [0.29, 0.717) is 5.69 Å². The molecule has 4 nitrogen and oxygen atoms in total. The number of aromatic nitrogens is 2. The Kier molecular flexibility index (Phi) is 2.48. The lowest BCUT2D eigenvalue weighted by atomic mass is 10.1. The molecule has 2 heterocycles. The average Bonchev–Trinajstić information content (AvgIpc) is 2.31. The molecule has 2 N–H and O–H groups in total. The molecule has 0 amide bonds. The summed E-state index contributed by atoms with van der Waals surface area (Å²) < 4.78 is 13.4. The van der Waals surface area contributed by atoms with Gasteiger partial charge in [0.25, 0.3) is 5.82 Å². The highest BCUT2D eigenvalue weighted by molar-refractivity contribution is 5.74. The normalized spacial score (nSPS) is 9.75. The molecule has 0 saturated heterocycles. The molecular weight excluding hydrogens is 207 g/mol. The zero-order chi connectivity index (χ0) is 11.5. The van der Waals surface area contributed by atoms with Gasteiger partial charge in [-0.15, -0.1) is 4.98 Å². The molecule has 0 radical (unpaired) electrons. The summed E-state index contributed by atoms with van der Waals surface area (Å²) in [6.45, 7) is 6.84. The van der Waals surface area contributed by atoms with Crippen LogP contribution < -0.4 is 5.73 Å². The number of nitrogens with zero attached hydrogens (tertiary/aromatic N) is 3. The van der Waals surface area contributed by atoms with Crippen molar-refractivity contribution < 1.29 is 4.39 Å². The zero-order valence-electron chi connectivity index (χ0n) is 8.18. The lowest BCUT2D eigenvalue weighted by Crippen LogP contribution is -1.96. The van der Waals surface area contributed by atoms with Crippen molar-refractivity contribution >= 4 is 11.5 Å². The Morgan fingerprint density at radius 3 is 2.81 bits per heavy atom. The summed E-state index contributed by atoms with van der Waals surface area (Å²) >= 11 is 0. The van der Waals surface area contributed by atoms with Crippen molar-refractivity contribution in [3.8, 4) is 11.3 Å². The third-order valence-corrected chi connectivity index (χ3v) is 2.04. The second-order valence-electron chi connectivity index (χ2n) is 3.06. The number of nitrogens with two attached hydrogens (primary N) is 1. The number of hydrogen-bond donors (Lipinski definition) is 1. The molecule has 0 aliphatic rings. The van der Waals surface area contributed by atoms with Gasteiger partial charge in [-0.3, -0.25) is 0 Å². The third-order valence-electron chi connectivity index (χ3n) is 2.04. The lowest BCUT2D eigenvalue weighted by Gasteiger charge is -2.01. The van der Waals surface area contributed by atoms with Crippen LogP contribution in [-0.4, -0.2) is 9.97 Å². The maximum atomic E-state index is 13.4. The third kappa shape index (κ3) is 1.68. The van der Waals surface area contributed by atoms with Crippen LogP contribution in [0.2, 0.25) is 0 Å². The van der Waals surface area contributed by atoms with Gasteiger partial charge in [0.15, 0.2) is 5.69 Å². The number of anilines is 1. The zero-order valence-corrected chi connectivity index (χ0v) is 8.18. The molecule has 16 heavy (non-hydrogen) atoms. The molecule has 0 aliphatic heterocycles. The van der Waals surface area contributed by atoms with Gasteiger partial charge >= 0.3 is 0 Å². The molecule has 0 aliphatic carbocycles. The van der Waals surface area contributed by atoms with Gasteiger partial charge in [-0.05, 0) is 24.3 Å². The summed E-state index contributed by atoms with van der Waals surface area (Å²) in [6.07, 6.45) is 1.34. The molecule has 78 valence electrons. The highest BCUT2D eigenvalue weighted by Crippen LogP contribution is 2.27. The number of nitrogen functional groups attached to an aromatic ring is 1. The van der Waals surface area contributed by atoms with Gasteiger partial charge in [0.1, 0.15) is 0 Å². The minimum atomic E-state index is -0.649. The second kappa shape index (κ2) is 3.95. The van der Waals surface area contributed by atoms with Crippen molar-refractivity contribution in [1.82, 2.24) is 9.97 Å². The predicted molar refractivity (Wildman–Crippen MR) is 58.1 cm³/mol. The van der Waals surface area contributed by atoms with Gasteiger partial charge in [-0.2, -0.15) is 4.39 Å². The monoisotopic (exact) mass is 214 g/mol. The first-order valence-corrected chi connectivity index (χ1v) is 4.47. The number of hydrogen-bond acceptors (Lipinski definition) is 3. The predicted octanol–water partition coefficient (Wildman–Crippen LogP) is 2.42. The molecule has 5 heteroatoms. The Morgan fingerprint density at radius 1 is 1.31 bits per heavy atom. The molecular formula is C11H7FN4. The Hall–Kier alpha value is -2.48. The van der Waals surface area contributed by atoms with Crippen LogP contribution in [0.25, 0.3) is 16.1 Å². The molecule has 0 aromatic carbocycles. The number of halogens is 1. The van der Waals surface area contributed by atoms with Gasteiger partial charge in [0.05, 0.1) is 11.3 Å². The fraction of sp³-hybridized carbons (Fsp3) is 0. The SMILES string of the molecule is [C-]#[N+]c1ccc(N)c(-c2cccnc2F)n1. The minimum Gasteiger partial charge on any atom is -0.395 e. The van der Waals surface area contributed by atoms with E-state index < -0.39 is 5.95 Å². The van der Waals surface area contributed by atoms with E-state index in [0.717, 1.165) is 0 Å². The fourth-order valence-electron chi connectivity index (χ4n) is 1.30. The highest BCUT2D eigenvalue weighted by atomic mass is 19.1. The summed E-state index contributed by atoms with van der Waals surface area (Å²) in [4.78, 5) is 10.6. The molecule has 2 aromatic rings. The Morgan fingerprint density at radius 2 is 2.12 bits per heavy atom. The van der Waals surface area contributed by atoms with Gasteiger partial charge in [-0.1, -0.05) is 6.57 Å². The molecule has 0 spiro atoms. The van der Waals surface area contributed by atoms with Crippen molar-refractivity contribution in [2.24, 2.45) is 0 Å². The minimum absolute atomic E-state index is 0.174. The van der Waals surface area contributed by atoms with Crippen molar-refractivity contribution in [2.75, 3.05) is 5.73 Å². The van der Waals surface area contributed by atoms with Crippen molar-refractivity contribution in [2.45, 2.75) is 0 Å². The molecule has 0 fully saturated rings. The van der Waals surface area contributed by atoms with Gasteiger partial charge in [-0.25, -0.2) is 4.98 Å². The first-order valence-electron chi connectivity index (χ1n) is 4.47. The van der Waals surface area contributed by atoms with E-state index >= 15 is 0 Å².